The van der Waals surface area contributed by atoms with Gasteiger partial charge in [-0.2, -0.15) is 0 Å². The minimum atomic E-state index is -0.374. The number of hydrogen-bond acceptors (Lipinski definition) is 3. The lowest BCUT2D eigenvalue weighted by Gasteiger charge is -2.27. The first-order chi connectivity index (χ1) is 9.90. The molecule has 3 N–H and O–H groups in total. The highest BCUT2D eigenvalue weighted by Gasteiger charge is 2.36. The average Bonchev–Trinajstić information content (AvgIpc) is 2.92. The first-order valence-corrected chi connectivity index (χ1v) is 7.99. The molecule has 1 aliphatic carbocycles. The summed E-state index contributed by atoms with van der Waals surface area (Å²) in [6.45, 7) is 4.33. The van der Waals surface area contributed by atoms with Gasteiger partial charge in [-0.25, -0.2) is 4.39 Å². The van der Waals surface area contributed by atoms with E-state index < -0.39 is 0 Å². The minimum absolute atomic E-state index is 0.104. The summed E-state index contributed by atoms with van der Waals surface area (Å²) in [5.41, 5.74) is 6.35. The van der Waals surface area contributed by atoms with E-state index in [1.54, 1.807) is 12.1 Å². The Hall–Kier alpha value is -1.62. The predicted molar refractivity (Wildman–Crippen MR) is 85.1 cm³/mol. The van der Waals surface area contributed by atoms with Crippen LogP contribution in [-0.2, 0) is 0 Å². The van der Waals surface area contributed by atoms with E-state index in [1.165, 1.54) is 17.4 Å². The molecule has 3 nitrogen and oxygen atoms in total. The van der Waals surface area contributed by atoms with Crippen LogP contribution in [0, 0.1) is 11.2 Å². The Morgan fingerprint density at radius 1 is 1.48 bits per heavy atom. The van der Waals surface area contributed by atoms with Crippen LogP contribution in [0.3, 0.4) is 0 Å². The summed E-state index contributed by atoms with van der Waals surface area (Å²) in [7, 11) is 0. The molecule has 21 heavy (non-hydrogen) atoms. The maximum absolute atomic E-state index is 13.8. The molecule has 0 spiro atoms. The van der Waals surface area contributed by atoms with Gasteiger partial charge in [-0.05, 0) is 30.4 Å². The van der Waals surface area contributed by atoms with Gasteiger partial charge in [-0.15, -0.1) is 11.3 Å². The summed E-state index contributed by atoms with van der Waals surface area (Å²) >= 11 is 1.25. The molecule has 1 aliphatic rings. The Morgan fingerprint density at radius 2 is 2.24 bits per heavy atom. The summed E-state index contributed by atoms with van der Waals surface area (Å²) in [4.78, 5) is 12.9. The Labute approximate surface area is 127 Å². The molecule has 1 heterocycles. The largest absolute Gasteiger partial charge is 0.397 e. The summed E-state index contributed by atoms with van der Waals surface area (Å²) < 4.78 is 14.6. The third-order valence-electron chi connectivity index (χ3n) is 4.47. The highest BCUT2D eigenvalue weighted by atomic mass is 32.1. The number of fused-ring (bicyclic) bond motifs is 1. The van der Waals surface area contributed by atoms with E-state index in [0.29, 0.717) is 15.0 Å². The fourth-order valence-electron chi connectivity index (χ4n) is 3.12. The summed E-state index contributed by atoms with van der Waals surface area (Å²) in [5.74, 6) is -0.561. The summed E-state index contributed by atoms with van der Waals surface area (Å²) in [5, 5.41) is 3.44. The van der Waals surface area contributed by atoms with Crippen molar-refractivity contribution in [2.45, 2.75) is 39.2 Å². The number of benzene rings is 1. The Morgan fingerprint density at radius 3 is 2.86 bits per heavy atom. The smallest absolute Gasteiger partial charge is 0.263 e. The zero-order valence-electron chi connectivity index (χ0n) is 12.2. The van der Waals surface area contributed by atoms with Crippen LogP contribution in [0.5, 0.6) is 0 Å². The zero-order chi connectivity index (χ0) is 15.2. The molecular formula is C16H19FN2OS. The van der Waals surface area contributed by atoms with Gasteiger partial charge in [0.05, 0.1) is 11.1 Å². The third kappa shape index (κ3) is 2.39. The molecule has 0 aliphatic heterocycles. The molecule has 1 aromatic heterocycles. The molecule has 112 valence electrons. The van der Waals surface area contributed by atoms with Crippen molar-refractivity contribution in [3.05, 3.63) is 28.9 Å². The fraction of sp³-hybridized carbons (Fsp3) is 0.438. The van der Waals surface area contributed by atoms with E-state index in [9.17, 15) is 9.18 Å². The number of nitrogen functional groups attached to an aromatic ring is 1. The number of thiophene rings is 1. The maximum atomic E-state index is 13.8. The van der Waals surface area contributed by atoms with Gasteiger partial charge in [0.1, 0.15) is 10.7 Å². The quantitative estimate of drug-likeness (QED) is 0.883. The van der Waals surface area contributed by atoms with Crippen molar-refractivity contribution in [1.29, 1.82) is 0 Å². The van der Waals surface area contributed by atoms with Gasteiger partial charge in [-0.1, -0.05) is 26.3 Å². The van der Waals surface area contributed by atoms with E-state index in [1.807, 2.05) is 0 Å². The van der Waals surface area contributed by atoms with Gasteiger partial charge in [0.15, 0.2) is 0 Å². The second kappa shape index (κ2) is 4.98. The molecule has 3 rings (SSSR count). The first-order valence-electron chi connectivity index (χ1n) is 7.17. The van der Waals surface area contributed by atoms with Gasteiger partial charge >= 0.3 is 0 Å². The maximum Gasteiger partial charge on any atom is 0.263 e. The average molecular weight is 306 g/mol. The van der Waals surface area contributed by atoms with Crippen LogP contribution in [0.25, 0.3) is 10.1 Å². The number of anilines is 1. The number of carbonyl (C=O) groups excluding carboxylic acids is 1. The number of rotatable bonds is 2. The van der Waals surface area contributed by atoms with Crippen LogP contribution in [0.2, 0.25) is 0 Å². The van der Waals surface area contributed by atoms with E-state index in [0.717, 1.165) is 19.3 Å². The highest BCUT2D eigenvalue weighted by Crippen LogP contribution is 2.39. The molecule has 5 heteroatoms. The molecule has 1 fully saturated rings. The lowest BCUT2D eigenvalue weighted by atomic mass is 9.87. The fourth-order valence-corrected chi connectivity index (χ4v) is 4.16. The van der Waals surface area contributed by atoms with Crippen molar-refractivity contribution in [3.63, 3.8) is 0 Å². The summed E-state index contributed by atoms with van der Waals surface area (Å²) in [6, 6.07) is 4.94. The van der Waals surface area contributed by atoms with Crippen molar-refractivity contribution < 1.29 is 9.18 Å². The Bertz CT molecular complexity index is 708. The molecule has 1 amide bonds. The van der Waals surface area contributed by atoms with Crippen molar-refractivity contribution in [1.82, 2.24) is 5.32 Å². The van der Waals surface area contributed by atoms with Crippen LogP contribution in [0.1, 0.15) is 42.8 Å². The normalized spacial score (nSPS) is 20.8. The van der Waals surface area contributed by atoms with E-state index >= 15 is 0 Å². The Kier molecular flexibility index (Phi) is 3.40. The molecule has 1 unspecified atom stereocenters. The SMILES string of the molecule is CC1(C)CCCC1NC(=O)c1sc2cccc(F)c2c1N. The van der Waals surface area contributed by atoms with Gasteiger partial charge in [0.25, 0.3) is 5.91 Å². The number of amides is 1. The summed E-state index contributed by atoms with van der Waals surface area (Å²) in [6.07, 6.45) is 3.21. The van der Waals surface area contributed by atoms with E-state index in [4.69, 9.17) is 5.73 Å². The minimum Gasteiger partial charge on any atom is -0.397 e. The molecular weight excluding hydrogens is 287 g/mol. The van der Waals surface area contributed by atoms with E-state index in [-0.39, 0.29) is 28.9 Å². The van der Waals surface area contributed by atoms with Crippen molar-refractivity contribution in [2.75, 3.05) is 5.73 Å². The Balaban J connectivity index is 1.92. The number of nitrogens with one attached hydrogen (secondary N) is 1. The first kappa shape index (κ1) is 14.3. The zero-order valence-corrected chi connectivity index (χ0v) is 13.0. The van der Waals surface area contributed by atoms with Crippen LogP contribution in [0.4, 0.5) is 10.1 Å². The highest BCUT2D eigenvalue weighted by molar-refractivity contribution is 7.21. The van der Waals surface area contributed by atoms with Gasteiger partial charge in [0, 0.05) is 10.7 Å². The molecule has 0 bridgehead atoms. The second-order valence-electron chi connectivity index (χ2n) is 6.36. The number of hydrogen-bond donors (Lipinski definition) is 2. The predicted octanol–water partition coefficient (Wildman–Crippen LogP) is 3.93. The van der Waals surface area contributed by atoms with Crippen LogP contribution < -0.4 is 11.1 Å². The topological polar surface area (TPSA) is 55.1 Å². The monoisotopic (exact) mass is 306 g/mol. The van der Waals surface area contributed by atoms with Crippen LogP contribution >= 0.6 is 11.3 Å². The van der Waals surface area contributed by atoms with Crippen LogP contribution in [0.15, 0.2) is 18.2 Å². The lowest BCUT2D eigenvalue weighted by Crippen LogP contribution is -2.41. The van der Waals surface area contributed by atoms with Crippen molar-refractivity contribution >= 4 is 33.0 Å². The molecule has 1 atom stereocenters. The van der Waals surface area contributed by atoms with Crippen molar-refractivity contribution in [3.8, 4) is 0 Å². The third-order valence-corrected chi connectivity index (χ3v) is 5.64. The molecule has 2 aromatic rings. The number of halogens is 1. The van der Waals surface area contributed by atoms with Gasteiger partial charge < -0.3 is 11.1 Å². The second-order valence-corrected chi connectivity index (χ2v) is 7.42. The molecule has 1 aromatic carbocycles. The molecule has 0 radical (unpaired) electrons. The van der Waals surface area contributed by atoms with Crippen molar-refractivity contribution in [2.24, 2.45) is 5.41 Å². The lowest BCUT2D eigenvalue weighted by molar-refractivity contribution is 0.0915. The van der Waals surface area contributed by atoms with Gasteiger partial charge in [0.2, 0.25) is 0 Å². The van der Waals surface area contributed by atoms with Crippen LogP contribution in [-0.4, -0.2) is 11.9 Å². The number of carbonyl (C=O) groups is 1. The molecule has 0 saturated heterocycles. The number of nitrogens with two attached hydrogens (primary N) is 1. The molecule has 1 saturated carbocycles. The standard InChI is InChI=1S/C16H19FN2OS/c1-16(2)8-4-7-11(16)19-15(20)14-13(18)12-9(17)5-3-6-10(12)21-14/h3,5-6,11H,4,7-8,18H2,1-2H3,(H,19,20). The van der Waals surface area contributed by atoms with Gasteiger partial charge in [-0.3, -0.25) is 4.79 Å². The van der Waals surface area contributed by atoms with E-state index in [2.05, 4.69) is 19.2 Å².